The largest absolute Gasteiger partial charge is 0.357 e. The molecule has 0 unspecified atom stereocenters. The third-order valence-electron chi connectivity index (χ3n) is 4.44. The molecule has 4 rings (SSSR count). The van der Waals surface area contributed by atoms with Crippen LogP contribution in [-0.4, -0.2) is 26.6 Å². The fourth-order valence-electron chi connectivity index (χ4n) is 2.99. The third-order valence-corrected chi connectivity index (χ3v) is 4.69. The summed E-state index contributed by atoms with van der Waals surface area (Å²) in [6.07, 6.45) is 3.48. The highest BCUT2D eigenvalue weighted by molar-refractivity contribution is 6.30. The number of amides is 2. The summed E-state index contributed by atoms with van der Waals surface area (Å²) in [7, 11) is 0. The van der Waals surface area contributed by atoms with Crippen molar-refractivity contribution in [1.29, 1.82) is 0 Å². The fourth-order valence-corrected chi connectivity index (χ4v) is 3.11. The Morgan fingerprint density at radius 1 is 0.967 bits per heavy atom. The second kappa shape index (κ2) is 8.67. The molecule has 0 saturated heterocycles. The Morgan fingerprint density at radius 2 is 1.73 bits per heavy atom. The average molecular weight is 420 g/mol. The lowest BCUT2D eigenvalue weighted by Gasteiger charge is -2.07. The zero-order valence-corrected chi connectivity index (χ0v) is 16.6. The molecule has 2 amide bonds. The van der Waals surface area contributed by atoms with Gasteiger partial charge in [-0.15, -0.1) is 0 Å². The fraction of sp³-hybridized carbons (Fsp3) is 0.0455. The molecular formula is C22H18ClN5O2. The van der Waals surface area contributed by atoms with Gasteiger partial charge in [0.25, 0.3) is 5.91 Å². The van der Waals surface area contributed by atoms with E-state index in [0.717, 1.165) is 11.3 Å². The summed E-state index contributed by atoms with van der Waals surface area (Å²) in [4.78, 5) is 27.2. The molecule has 0 aliphatic heterocycles. The minimum atomic E-state index is -0.425. The van der Waals surface area contributed by atoms with E-state index in [1.807, 2.05) is 48.7 Å². The molecule has 0 bridgehead atoms. The molecule has 2 aromatic carbocycles. The van der Waals surface area contributed by atoms with Gasteiger partial charge < -0.3 is 4.98 Å². The number of benzene rings is 2. The number of aromatic nitrogens is 3. The second-order valence-corrected chi connectivity index (χ2v) is 6.99. The number of aromatic amines is 1. The van der Waals surface area contributed by atoms with E-state index in [2.05, 4.69) is 20.9 Å². The zero-order chi connectivity index (χ0) is 20.9. The number of carbonyl (C=O) groups excluding carboxylic acids is 2. The maximum atomic E-state index is 12.5. The van der Waals surface area contributed by atoms with Crippen molar-refractivity contribution < 1.29 is 9.59 Å². The molecule has 0 aliphatic carbocycles. The molecule has 150 valence electrons. The van der Waals surface area contributed by atoms with Crippen LogP contribution in [0.5, 0.6) is 0 Å². The van der Waals surface area contributed by atoms with E-state index in [0.29, 0.717) is 22.0 Å². The molecular weight excluding hydrogens is 402 g/mol. The highest BCUT2D eigenvalue weighted by Crippen LogP contribution is 2.25. The van der Waals surface area contributed by atoms with Gasteiger partial charge in [0, 0.05) is 28.5 Å². The number of carbonyl (C=O) groups is 2. The number of para-hydroxylation sites is 1. The van der Waals surface area contributed by atoms with Gasteiger partial charge in [-0.1, -0.05) is 41.9 Å². The van der Waals surface area contributed by atoms with Crippen LogP contribution in [0.3, 0.4) is 0 Å². The van der Waals surface area contributed by atoms with Crippen molar-refractivity contribution >= 4 is 23.4 Å². The molecule has 4 aromatic rings. The number of hydrogen-bond acceptors (Lipinski definition) is 3. The van der Waals surface area contributed by atoms with Crippen molar-refractivity contribution in [2.75, 3.05) is 0 Å². The second-order valence-electron chi connectivity index (χ2n) is 6.55. The van der Waals surface area contributed by atoms with Crippen molar-refractivity contribution in [1.82, 2.24) is 25.6 Å². The van der Waals surface area contributed by atoms with Crippen molar-refractivity contribution in [3.63, 3.8) is 0 Å². The van der Waals surface area contributed by atoms with E-state index in [1.54, 1.807) is 35.1 Å². The number of halogens is 1. The van der Waals surface area contributed by atoms with Gasteiger partial charge >= 0.3 is 0 Å². The summed E-state index contributed by atoms with van der Waals surface area (Å²) in [5.74, 6) is -0.788. The van der Waals surface area contributed by atoms with Crippen molar-refractivity contribution in [3.8, 4) is 16.9 Å². The Morgan fingerprint density at radius 3 is 2.43 bits per heavy atom. The topological polar surface area (TPSA) is 91.8 Å². The average Bonchev–Trinajstić information content (AvgIpc) is 3.44. The Bertz CT molecular complexity index is 1150. The number of nitrogens with zero attached hydrogens (tertiary/aromatic N) is 2. The van der Waals surface area contributed by atoms with Gasteiger partial charge in [-0.05, 0) is 36.4 Å². The molecule has 2 heterocycles. The van der Waals surface area contributed by atoms with Crippen molar-refractivity contribution in [2.24, 2.45) is 0 Å². The molecule has 7 nitrogen and oxygen atoms in total. The minimum Gasteiger partial charge on any atom is -0.357 e. The third kappa shape index (κ3) is 4.42. The van der Waals surface area contributed by atoms with E-state index in [1.165, 1.54) is 0 Å². The van der Waals surface area contributed by atoms with Gasteiger partial charge in [0.05, 0.1) is 17.8 Å². The molecule has 0 saturated carbocycles. The van der Waals surface area contributed by atoms with Crippen LogP contribution in [0.1, 0.15) is 16.1 Å². The quantitative estimate of drug-likeness (QED) is 0.432. The van der Waals surface area contributed by atoms with Crippen LogP contribution >= 0.6 is 11.6 Å². The van der Waals surface area contributed by atoms with Gasteiger partial charge in [-0.25, -0.2) is 4.68 Å². The summed E-state index contributed by atoms with van der Waals surface area (Å²) in [5, 5.41) is 5.29. The SMILES string of the molecule is O=C(Cc1cn(-c2ccccc2)nc1-c1ccc(Cl)cc1)NNC(=O)c1ccc[nH]1. The lowest BCUT2D eigenvalue weighted by Crippen LogP contribution is -2.42. The molecule has 3 N–H and O–H groups in total. The van der Waals surface area contributed by atoms with Crippen LogP contribution < -0.4 is 10.9 Å². The van der Waals surface area contributed by atoms with Crippen molar-refractivity contribution in [2.45, 2.75) is 6.42 Å². The Labute approximate surface area is 177 Å². The van der Waals surface area contributed by atoms with Crippen LogP contribution in [0.2, 0.25) is 5.02 Å². The number of rotatable bonds is 5. The predicted octanol–water partition coefficient (Wildman–Crippen LogP) is 3.52. The number of hydrazine groups is 1. The van der Waals surface area contributed by atoms with Crippen LogP contribution in [0, 0.1) is 0 Å². The van der Waals surface area contributed by atoms with Crippen LogP contribution in [0.25, 0.3) is 16.9 Å². The zero-order valence-electron chi connectivity index (χ0n) is 15.8. The monoisotopic (exact) mass is 419 g/mol. The standard InChI is InChI=1S/C22H18ClN5O2/c23-17-10-8-15(9-11-17)21-16(14-28(27-21)18-5-2-1-3-6-18)13-20(29)25-26-22(30)19-7-4-12-24-19/h1-12,14,24H,13H2,(H,25,29)(H,26,30). The maximum absolute atomic E-state index is 12.5. The predicted molar refractivity (Wildman–Crippen MR) is 114 cm³/mol. The number of hydrogen-bond donors (Lipinski definition) is 3. The van der Waals surface area contributed by atoms with Gasteiger partial charge in [0.2, 0.25) is 5.91 Å². The summed E-state index contributed by atoms with van der Waals surface area (Å²) in [6, 6.07) is 20.2. The molecule has 0 spiro atoms. The Kier molecular flexibility index (Phi) is 5.63. The summed E-state index contributed by atoms with van der Waals surface area (Å²) in [6.45, 7) is 0. The molecule has 30 heavy (non-hydrogen) atoms. The van der Waals surface area contributed by atoms with Gasteiger partial charge in [0.1, 0.15) is 5.69 Å². The molecule has 8 heteroatoms. The van der Waals surface area contributed by atoms with E-state index in [9.17, 15) is 9.59 Å². The van der Waals surface area contributed by atoms with Crippen LogP contribution in [0.4, 0.5) is 0 Å². The minimum absolute atomic E-state index is 0.0375. The maximum Gasteiger partial charge on any atom is 0.286 e. The van der Waals surface area contributed by atoms with Gasteiger partial charge in [-0.3, -0.25) is 20.4 Å². The first-order valence-electron chi connectivity index (χ1n) is 9.22. The Balaban J connectivity index is 1.56. The summed E-state index contributed by atoms with van der Waals surface area (Å²) < 4.78 is 1.73. The normalized spacial score (nSPS) is 10.6. The van der Waals surface area contributed by atoms with E-state index < -0.39 is 5.91 Å². The van der Waals surface area contributed by atoms with Gasteiger partial charge in [0.15, 0.2) is 0 Å². The molecule has 0 atom stereocenters. The highest BCUT2D eigenvalue weighted by atomic mass is 35.5. The first-order valence-corrected chi connectivity index (χ1v) is 9.60. The Hall–Kier alpha value is -3.84. The molecule has 0 radical (unpaired) electrons. The van der Waals surface area contributed by atoms with Crippen molar-refractivity contribution in [3.05, 3.63) is 95.4 Å². The summed E-state index contributed by atoms with van der Waals surface area (Å²) >= 11 is 6.01. The van der Waals surface area contributed by atoms with E-state index >= 15 is 0 Å². The number of H-pyrrole nitrogens is 1. The first-order chi connectivity index (χ1) is 14.6. The lowest BCUT2D eigenvalue weighted by molar-refractivity contribution is -0.121. The highest BCUT2D eigenvalue weighted by Gasteiger charge is 2.16. The van der Waals surface area contributed by atoms with E-state index in [4.69, 9.17) is 11.6 Å². The number of nitrogens with one attached hydrogen (secondary N) is 3. The van der Waals surface area contributed by atoms with Crippen LogP contribution in [0.15, 0.2) is 79.1 Å². The van der Waals surface area contributed by atoms with Gasteiger partial charge in [-0.2, -0.15) is 5.10 Å². The van der Waals surface area contributed by atoms with E-state index in [-0.39, 0.29) is 12.3 Å². The molecule has 2 aromatic heterocycles. The molecule has 0 aliphatic rings. The van der Waals surface area contributed by atoms with Crippen LogP contribution in [-0.2, 0) is 11.2 Å². The smallest absolute Gasteiger partial charge is 0.286 e. The summed E-state index contributed by atoms with van der Waals surface area (Å²) in [5.41, 5.74) is 8.29. The first kappa shape index (κ1) is 19.5. The lowest BCUT2D eigenvalue weighted by atomic mass is 10.1. The molecule has 0 fully saturated rings.